The minimum absolute atomic E-state index is 0.826. The van der Waals surface area contributed by atoms with Crippen LogP contribution in [0.2, 0.25) is 0 Å². The van der Waals surface area contributed by atoms with Gasteiger partial charge in [-0.25, -0.2) is 0 Å². The van der Waals surface area contributed by atoms with Crippen molar-refractivity contribution in [3.8, 4) is 0 Å². The first kappa shape index (κ1) is 27.5. The topological polar surface area (TPSA) is 6.48 Å². The maximum absolute atomic E-state index is 4.91. The summed E-state index contributed by atoms with van der Waals surface area (Å²) in [5.41, 5.74) is 8.58. The van der Waals surface area contributed by atoms with E-state index in [9.17, 15) is 0 Å². The monoisotopic (exact) mass is 578 g/mol. The minimum atomic E-state index is 0.826. The van der Waals surface area contributed by atoms with Gasteiger partial charge in [0.25, 0.3) is 0 Å². The zero-order valence-corrected chi connectivity index (χ0v) is 24.7. The van der Waals surface area contributed by atoms with Crippen molar-refractivity contribution in [2.75, 3.05) is 9.80 Å². The van der Waals surface area contributed by atoms with Gasteiger partial charge in [-0.05, 0) is 83.9 Å². The number of benzene rings is 6. The van der Waals surface area contributed by atoms with E-state index >= 15 is 0 Å². The summed E-state index contributed by atoms with van der Waals surface area (Å²) in [5, 5.41) is 0. The van der Waals surface area contributed by atoms with E-state index in [1.54, 1.807) is 0 Å². The normalized spacial score (nSPS) is 11.5. The molecule has 204 valence electrons. The van der Waals surface area contributed by atoms with Gasteiger partial charge in [0.05, 0.1) is 0 Å². The second-order valence-electron chi connectivity index (χ2n) is 9.80. The summed E-state index contributed by atoms with van der Waals surface area (Å²) in [7, 11) is 0. The van der Waals surface area contributed by atoms with Crippen molar-refractivity contribution >= 4 is 69.2 Å². The summed E-state index contributed by atoms with van der Waals surface area (Å²) in [6.07, 6.45) is 0. The molecule has 0 aliphatic carbocycles. The summed E-state index contributed by atoms with van der Waals surface area (Å²) < 4.78 is 0. The van der Waals surface area contributed by atoms with E-state index in [0.29, 0.717) is 0 Å². The Balaban J connectivity index is 1.29. The second-order valence-corrected chi connectivity index (χ2v) is 10.7. The largest absolute Gasteiger partial charge is 0.311 e. The highest BCUT2D eigenvalue weighted by atomic mass is 32.1. The third-order valence-corrected chi connectivity index (χ3v) is 8.22. The molecule has 0 radical (unpaired) electrons. The highest BCUT2D eigenvalue weighted by molar-refractivity contribution is 7.96. The Kier molecular flexibility index (Phi) is 8.46. The molecule has 0 heterocycles. The first-order chi connectivity index (χ1) is 20.7. The Hall–Kier alpha value is -4.64. The van der Waals surface area contributed by atoms with E-state index in [2.05, 4.69) is 155 Å². The molecule has 6 aromatic carbocycles. The molecule has 0 saturated carbocycles. The van der Waals surface area contributed by atoms with Crippen LogP contribution in [-0.4, -0.2) is 0 Å². The average Bonchev–Trinajstić information content (AvgIpc) is 3.07. The molecular weight excluding hydrogens is 549 g/mol. The molecule has 0 unspecified atom stereocenters. The van der Waals surface area contributed by atoms with E-state index in [0.717, 1.165) is 55.1 Å². The average molecular weight is 579 g/mol. The van der Waals surface area contributed by atoms with Gasteiger partial charge in [0, 0.05) is 43.9 Å². The number of hydrogen-bond donors (Lipinski definition) is 2. The predicted octanol–water partition coefficient (Wildman–Crippen LogP) is 11.3. The lowest BCUT2D eigenvalue weighted by Crippen LogP contribution is -2.09. The fraction of sp³-hybridized carbons (Fsp3) is 0. The van der Waals surface area contributed by atoms with Crippen LogP contribution >= 0.6 is 25.3 Å². The van der Waals surface area contributed by atoms with Crippen LogP contribution in [0.25, 0.3) is 9.81 Å². The molecule has 0 atom stereocenters. The smallest absolute Gasteiger partial charge is 0.0462 e. The SMILES string of the molecule is SC(=C(S)c1ccc(N(c2ccccc2)c2ccccc2)cc1)c1ccc(N(c2ccccc2)c2ccccc2)cc1. The fourth-order valence-corrected chi connectivity index (χ4v) is 5.57. The molecular formula is C38H30N2S2. The zero-order valence-electron chi connectivity index (χ0n) is 23.0. The molecule has 4 heteroatoms. The van der Waals surface area contributed by atoms with Crippen molar-refractivity contribution in [2.24, 2.45) is 0 Å². The molecule has 0 bridgehead atoms. The van der Waals surface area contributed by atoms with Gasteiger partial charge in [-0.3, -0.25) is 0 Å². The van der Waals surface area contributed by atoms with Crippen LogP contribution in [0.4, 0.5) is 34.1 Å². The summed E-state index contributed by atoms with van der Waals surface area (Å²) in [6.45, 7) is 0. The molecule has 0 spiro atoms. The van der Waals surface area contributed by atoms with Gasteiger partial charge in [-0.2, -0.15) is 0 Å². The quantitative estimate of drug-likeness (QED) is 0.137. The first-order valence-corrected chi connectivity index (χ1v) is 14.7. The Morgan fingerprint density at radius 2 is 0.500 bits per heavy atom. The number of para-hydroxylation sites is 4. The number of nitrogens with zero attached hydrogens (tertiary/aromatic N) is 2. The lowest BCUT2D eigenvalue weighted by Gasteiger charge is -2.26. The fourth-order valence-electron chi connectivity index (χ4n) is 5.01. The zero-order chi connectivity index (χ0) is 28.7. The summed E-state index contributed by atoms with van der Waals surface area (Å²) in [5.74, 6) is 0. The van der Waals surface area contributed by atoms with Gasteiger partial charge in [0.2, 0.25) is 0 Å². The maximum Gasteiger partial charge on any atom is 0.0462 e. The van der Waals surface area contributed by atoms with Crippen LogP contribution < -0.4 is 9.80 Å². The third-order valence-electron chi connectivity index (χ3n) is 7.08. The van der Waals surface area contributed by atoms with Crippen molar-refractivity contribution in [3.63, 3.8) is 0 Å². The molecule has 0 fully saturated rings. The van der Waals surface area contributed by atoms with Crippen molar-refractivity contribution in [3.05, 3.63) is 181 Å². The highest BCUT2D eigenvalue weighted by Crippen LogP contribution is 2.39. The number of rotatable bonds is 8. The van der Waals surface area contributed by atoms with E-state index in [-0.39, 0.29) is 0 Å². The Morgan fingerprint density at radius 3 is 0.738 bits per heavy atom. The number of anilines is 6. The molecule has 42 heavy (non-hydrogen) atoms. The Bertz CT molecular complexity index is 1540. The minimum Gasteiger partial charge on any atom is -0.311 e. The molecule has 6 rings (SSSR count). The van der Waals surface area contributed by atoms with Gasteiger partial charge in [-0.1, -0.05) is 97.1 Å². The molecule has 0 aliphatic rings. The Morgan fingerprint density at radius 1 is 0.286 bits per heavy atom. The second kappa shape index (κ2) is 12.9. The molecule has 6 aromatic rings. The molecule has 2 nitrogen and oxygen atoms in total. The molecule has 0 amide bonds. The van der Waals surface area contributed by atoms with E-state index in [4.69, 9.17) is 25.3 Å². The van der Waals surface area contributed by atoms with Crippen molar-refractivity contribution < 1.29 is 0 Å². The maximum atomic E-state index is 4.91. The molecule has 0 aliphatic heterocycles. The van der Waals surface area contributed by atoms with Crippen LogP contribution in [0.15, 0.2) is 170 Å². The van der Waals surface area contributed by atoms with Gasteiger partial charge >= 0.3 is 0 Å². The van der Waals surface area contributed by atoms with E-state index in [1.165, 1.54) is 0 Å². The van der Waals surface area contributed by atoms with Crippen LogP contribution in [-0.2, 0) is 0 Å². The van der Waals surface area contributed by atoms with Gasteiger partial charge in [0.15, 0.2) is 0 Å². The summed E-state index contributed by atoms with van der Waals surface area (Å²) >= 11 is 9.82. The Labute approximate surface area is 259 Å². The van der Waals surface area contributed by atoms with Crippen molar-refractivity contribution in [2.45, 2.75) is 0 Å². The van der Waals surface area contributed by atoms with Crippen LogP contribution in [0.3, 0.4) is 0 Å². The van der Waals surface area contributed by atoms with Gasteiger partial charge in [-0.15, -0.1) is 25.3 Å². The van der Waals surface area contributed by atoms with Crippen LogP contribution in [0.1, 0.15) is 11.1 Å². The van der Waals surface area contributed by atoms with Crippen molar-refractivity contribution in [1.29, 1.82) is 0 Å². The molecule has 0 N–H and O–H groups in total. The van der Waals surface area contributed by atoms with Crippen LogP contribution in [0.5, 0.6) is 0 Å². The summed E-state index contributed by atoms with van der Waals surface area (Å²) in [4.78, 5) is 6.15. The third kappa shape index (κ3) is 6.01. The molecule has 0 aromatic heterocycles. The van der Waals surface area contributed by atoms with E-state index in [1.807, 2.05) is 24.3 Å². The van der Waals surface area contributed by atoms with Crippen molar-refractivity contribution in [1.82, 2.24) is 0 Å². The van der Waals surface area contributed by atoms with Crippen LogP contribution in [0, 0.1) is 0 Å². The summed E-state index contributed by atoms with van der Waals surface area (Å²) in [6, 6.07) is 58.6. The number of thiol groups is 2. The first-order valence-electron chi connectivity index (χ1n) is 13.8. The predicted molar refractivity (Wildman–Crippen MR) is 187 cm³/mol. The molecule has 0 saturated heterocycles. The highest BCUT2D eigenvalue weighted by Gasteiger charge is 2.14. The lowest BCUT2D eigenvalue weighted by molar-refractivity contribution is 1.28. The standard InChI is InChI=1S/C38H30N2S2/c41-37(29-21-25-35(26-22-29)39(31-13-5-1-6-14-31)32-15-7-2-8-16-32)38(42)30-23-27-36(28-24-30)40(33-17-9-3-10-18-33)34-19-11-4-12-20-34/h1-28,41-42H. The number of hydrogen-bond acceptors (Lipinski definition) is 4. The lowest BCUT2D eigenvalue weighted by atomic mass is 10.1. The van der Waals surface area contributed by atoms with Gasteiger partial charge in [0.1, 0.15) is 0 Å². The van der Waals surface area contributed by atoms with E-state index < -0.39 is 0 Å². The van der Waals surface area contributed by atoms with Gasteiger partial charge < -0.3 is 9.80 Å².